The van der Waals surface area contributed by atoms with Gasteiger partial charge in [0.15, 0.2) is 0 Å². The number of esters is 1. The molecule has 1 aromatic rings. The van der Waals surface area contributed by atoms with Gasteiger partial charge in [-0.05, 0) is 54.2 Å². The van der Waals surface area contributed by atoms with Crippen LogP contribution in [-0.2, 0) is 16.0 Å². The fourth-order valence-corrected chi connectivity index (χ4v) is 3.58. The molecule has 1 aromatic carbocycles. The zero-order valence-corrected chi connectivity index (χ0v) is 14.9. The van der Waals surface area contributed by atoms with Crippen molar-refractivity contribution < 1.29 is 14.3 Å². The highest BCUT2D eigenvalue weighted by Crippen LogP contribution is 2.41. The third kappa shape index (κ3) is 3.45. The minimum absolute atomic E-state index is 0.0677. The van der Waals surface area contributed by atoms with E-state index in [0.29, 0.717) is 24.2 Å². The van der Waals surface area contributed by atoms with Crippen LogP contribution in [0.3, 0.4) is 0 Å². The minimum atomic E-state index is -0.288. The lowest BCUT2D eigenvalue weighted by atomic mass is 9.71. The molecule has 4 nitrogen and oxygen atoms in total. The van der Waals surface area contributed by atoms with Crippen molar-refractivity contribution in [1.29, 1.82) is 0 Å². The maximum Gasteiger partial charge on any atom is 0.338 e. The summed E-state index contributed by atoms with van der Waals surface area (Å²) in [5.41, 5.74) is 4.42. The van der Waals surface area contributed by atoms with Gasteiger partial charge in [0.2, 0.25) is 0 Å². The van der Waals surface area contributed by atoms with Crippen LogP contribution in [-0.4, -0.2) is 24.6 Å². The zero-order valence-electron chi connectivity index (χ0n) is 14.9. The number of nitrogens with one attached hydrogen (secondary N) is 1. The molecule has 1 heterocycles. The van der Waals surface area contributed by atoms with E-state index in [2.05, 4.69) is 25.2 Å². The van der Waals surface area contributed by atoms with Crippen LogP contribution in [0.4, 0.5) is 5.69 Å². The molecule has 0 amide bonds. The molecule has 0 saturated heterocycles. The monoisotopic (exact) mass is 337 g/mol. The van der Waals surface area contributed by atoms with E-state index in [-0.39, 0.29) is 17.4 Å². The second-order valence-corrected chi connectivity index (χ2v) is 7.21. The van der Waals surface area contributed by atoms with Gasteiger partial charge in [0.1, 0.15) is 5.94 Å². The Bertz CT molecular complexity index is 810. The zero-order chi connectivity index (χ0) is 18.0. The number of hydrogen-bond donors (Lipinski definition) is 1. The number of hydrogen-bond acceptors (Lipinski definition) is 4. The number of carbonyl (C=O) groups is 1. The van der Waals surface area contributed by atoms with Gasteiger partial charge in [-0.3, -0.25) is 0 Å². The first kappa shape index (κ1) is 17.2. The second kappa shape index (κ2) is 6.73. The van der Waals surface area contributed by atoms with Crippen molar-refractivity contribution in [2.45, 2.75) is 39.7 Å². The maximum atomic E-state index is 12.0. The molecule has 1 atom stereocenters. The summed E-state index contributed by atoms with van der Waals surface area (Å²) in [6, 6.07) is 5.74. The van der Waals surface area contributed by atoms with Gasteiger partial charge in [0.25, 0.3) is 0 Å². The van der Waals surface area contributed by atoms with Crippen LogP contribution in [0.5, 0.6) is 0 Å². The van der Waals surface area contributed by atoms with Gasteiger partial charge < -0.3 is 10.1 Å². The lowest BCUT2D eigenvalue weighted by Gasteiger charge is -2.42. The first-order chi connectivity index (χ1) is 11.9. The molecule has 4 heteroatoms. The van der Waals surface area contributed by atoms with Gasteiger partial charge >= 0.3 is 5.97 Å². The first-order valence-corrected chi connectivity index (χ1v) is 8.63. The number of allylic oxidation sites excluding steroid dienone is 3. The summed E-state index contributed by atoms with van der Waals surface area (Å²) in [6.07, 6.45) is 7.49. The van der Waals surface area contributed by atoms with E-state index in [0.717, 1.165) is 23.2 Å². The van der Waals surface area contributed by atoms with Crippen LogP contribution in [0.25, 0.3) is 0 Å². The fourth-order valence-electron chi connectivity index (χ4n) is 3.58. The van der Waals surface area contributed by atoms with E-state index in [4.69, 9.17) is 4.74 Å². The largest absolute Gasteiger partial charge is 0.462 e. The molecular formula is C21H23NO3. The summed E-state index contributed by atoms with van der Waals surface area (Å²) < 4.78 is 5.09. The standard InChI is InChI=1S/C21H23NO3/c1-4-25-20(24)16-8-9-18-17(11-16)12-21(2,3)19(22-18)15-7-5-6-14(10-15)13-23/h5,7-11,19,22H,4,6,12H2,1-3H3. The normalized spacial score (nSPS) is 20.8. The Morgan fingerprint density at radius 2 is 2.20 bits per heavy atom. The summed E-state index contributed by atoms with van der Waals surface area (Å²) in [5.74, 6) is 1.72. The van der Waals surface area contributed by atoms with Crippen molar-refractivity contribution in [3.8, 4) is 0 Å². The van der Waals surface area contributed by atoms with Crippen molar-refractivity contribution in [2.75, 3.05) is 11.9 Å². The third-order valence-electron chi connectivity index (χ3n) is 4.80. The molecule has 0 fully saturated rings. The van der Waals surface area contributed by atoms with Crippen molar-refractivity contribution in [1.82, 2.24) is 0 Å². The molecule has 0 aromatic heterocycles. The number of rotatable bonds is 3. The molecule has 130 valence electrons. The topological polar surface area (TPSA) is 55.4 Å². The van der Waals surface area contributed by atoms with Gasteiger partial charge in [-0.2, -0.15) is 0 Å². The molecule has 0 bridgehead atoms. The van der Waals surface area contributed by atoms with Crippen molar-refractivity contribution in [3.05, 3.63) is 58.7 Å². The SMILES string of the molecule is CCOC(=O)c1ccc2c(c1)CC(C)(C)C(C1=CC(=C=O)CC=C1)N2. The molecule has 25 heavy (non-hydrogen) atoms. The van der Waals surface area contributed by atoms with Crippen LogP contribution in [0, 0.1) is 5.41 Å². The number of carbonyl (C=O) groups excluding carboxylic acids is 2. The molecule has 0 spiro atoms. The maximum absolute atomic E-state index is 12.0. The molecule has 3 rings (SSSR count). The average Bonchev–Trinajstić information content (AvgIpc) is 2.60. The smallest absolute Gasteiger partial charge is 0.338 e. The van der Waals surface area contributed by atoms with Gasteiger partial charge in [0.05, 0.1) is 18.2 Å². The molecule has 1 aliphatic heterocycles. The molecule has 0 saturated carbocycles. The molecule has 1 N–H and O–H groups in total. The Labute approximate surface area is 148 Å². The predicted octanol–water partition coefficient (Wildman–Crippen LogP) is 3.87. The van der Waals surface area contributed by atoms with Gasteiger partial charge in [-0.1, -0.05) is 26.0 Å². The Kier molecular flexibility index (Phi) is 4.65. The summed E-state index contributed by atoms with van der Waals surface area (Å²) in [5, 5.41) is 3.58. The Morgan fingerprint density at radius 3 is 2.92 bits per heavy atom. The summed E-state index contributed by atoms with van der Waals surface area (Å²) in [4.78, 5) is 23.0. The quantitative estimate of drug-likeness (QED) is 0.672. The number of fused-ring (bicyclic) bond motifs is 1. The van der Waals surface area contributed by atoms with Gasteiger partial charge in [0, 0.05) is 17.7 Å². The highest BCUT2D eigenvalue weighted by Gasteiger charge is 2.37. The fraction of sp³-hybridized carbons (Fsp3) is 0.381. The van der Waals surface area contributed by atoms with E-state index < -0.39 is 0 Å². The highest BCUT2D eigenvalue weighted by molar-refractivity contribution is 5.90. The molecule has 1 unspecified atom stereocenters. The summed E-state index contributed by atoms with van der Waals surface area (Å²) in [6.45, 7) is 6.56. The lowest BCUT2D eigenvalue weighted by molar-refractivity contribution is 0.0526. The van der Waals surface area contributed by atoms with Crippen molar-refractivity contribution in [3.63, 3.8) is 0 Å². The van der Waals surface area contributed by atoms with Crippen molar-refractivity contribution >= 4 is 17.6 Å². The van der Waals surface area contributed by atoms with E-state index >= 15 is 0 Å². The number of ether oxygens (including phenoxy) is 1. The molecule has 0 radical (unpaired) electrons. The van der Waals surface area contributed by atoms with Crippen LogP contribution in [0.2, 0.25) is 0 Å². The molecule has 2 aliphatic rings. The van der Waals surface area contributed by atoms with E-state index in [1.807, 2.05) is 30.2 Å². The second-order valence-electron chi connectivity index (χ2n) is 7.21. The summed E-state index contributed by atoms with van der Waals surface area (Å²) in [7, 11) is 0. The number of benzene rings is 1. The lowest BCUT2D eigenvalue weighted by Crippen LogP contribution is -2.43. The van der Waals surface area contributed by atoms with Crippen LogP contribution in [0.15, 0.2) is 47.6 Å². The minimum Gasteiger partial charge on any atom is -0.462 e. The molecule has 1 aliphatic carbocycles. The third-order valence-corrected chi connectivity index (χ3v) is 4.80. The highest BCUT2D eigenvalue weighted by atomic mass is 16.5. The van der Waals surface area contributed by atoms with Crippen LogP contribution < -0.4 is 5.32 Å². The van der Waals surface area contributed by atoms with E-state index in [1.165, 1.54) is 0 Å². The molecular weight excluding hydrogens is 314 g/mol. The Balaban J connectivity index is 1.93. The Morgan fingerprint density at radius 1 is 1.40 bits per heavy atom. The van der Waals surface area contributed by atoms with E-state index in [9.17, 15) is 9.59 Å². The van der Waals surface area contributed by atoms with Gasteiger partial charge in [-0.25, -0.2) is 9.59 Å². The average molecular weight is 337 g/mol. The van der Waals surface area contributed by atoms with Crippen molar-refractivity contribution in [2.24, 2.45) is 5.41 Å². The summed E-state index contributed by atoms with van der Waals surface area (Å²) >= 11 is 0. The number of anilines is 1. The predicted molar refractivity (Wildman–Crippen MR) is 98.3 cm³/mol. The Hall–Kier alpha value is -2.58. The van der Waals surface area contributed by atoms with Gasteiger partial charge in [-0.15, -0.1) is 0 Å². The first-order valence-electron chi connectivity index (χ1n) is 8.63. The van der Waals surface area contributed by atoms with E-state index in [1.54, 1.807) is 13.0 Å². The van der Waals surface area contributed by atoms with Crippen LogP contribution >= 0.6 is 0 Å². The van der Waals surface area contributed by atoms with Crippen LogP contribution in [0.1, 0.15) is 43.1 Å².